The average Bonchev–Trinajstić information content (AvgIpc) is 3.02. The number of hydrogen-bond donors (Lipinski definition) is 0. The first-order valence-electron chi connectivity index (χ1n) is 16.3. The minimum absolute atomic E-state index is 0. The summed E-state index contributed by atoms with van der Waals surface area (Å²) in [4.78, 5) is 130. The smallest absolute Gasteiger partial charge is 0.549 e. The molecular formula is C30H36N6O24Yb4. The Morgan fingerprint density at radius 3 is 0.297 bits per heavy atom. The van der Waals surface area contributed by atoms with Crippen LogP contribution in [-0.2, 0) is 57.5 Å². The predicted molar refractivity (Wildman–Crippen MR) is 159 cm³/mol. The number of carbonyl (C=O) groups excluding carboxylic acids is 12. The summed E-state index contributed by atoms with van der Waals surface area (Å²) < 4.78 is 0. The number of carbonyl (C=O) groups is 12. The van der Waals surface area contributed by atoms with E-state index in [2.05, 4.69) is 0 Å². The van der Waals surface area contributed by atoms with Crippen LogP contribution in [0, 0.1) is 188 Å². The molecule has 64 heavy (non-hydrogen) atoms. The molecule has 0 aromatic rings. The van der Waals surface area contributed by atoms with E-state index in [0.717, 1.165) is 29.4 Å². The minimum Gasteiger partial charge on any atom is -0.549 e. The zero-order chi connectivity index (χ0) is 47.1. The molecule has 0 N–H and O–H groups in total. The molecule has 0 aliphatic heterocycles. The maximum atomic E-state index is 10.4. The van der Waals surface area contributed by atoms with Crippen molar-refractivity contribution in [1.82, 2.24) is 29.4 Å². The van der Waals surface area contributed by atoms with E-state index < -0.39 is 150 Å². The van der Waals surface area contributed by atoms with Crippen LogP contribution in [0.3, 0.4) is 0 Å². The van der Waals surface area contributed by atoms with E-state index in [-0.39, 0.29) is 227 Å². The molecule has 0 fully saturated rings. The van der Waals surface area contributed by atoms with Crippen molar-refractivity contribution in [2.45, 2.75) is 0 Å². The van der Waals surface area contributed by atoms with Gasteiger partial charge >= 0.3 is 188 Å². The number of rotatable bonds is 33. The van der Waals surface area contributed by atoms with Crippen LogP contribution < -0.4 is 61.3 Å². The zero-order valence-electron chi connectivity index (χ0n) is 32.3. The Balaban J connectivity index is -0.000000148. The van der Waals surface area contributed by atoms with Gasteiger partial charge in [-0.15, -0.1) is 0 Å². The molecule has 0 bridgehead atoms. The largest absolute Gasteiger partial charge is 3.00 e. The Kier molecular flexibility index (Phi) is 56.1. The van der Waals surface area contributed by atoms with Crippen LogP contribution in [0.25, 0.3) is 0 Å². The van der Waals surface area contributed by atoms with Gasteiger partial charge in [-0.3, -0.25) is 29.4 Å². The van der Waals surface area contributed by atoms with Gasteiger partial charge in [0.1, 0.15) is 0 Å². The van der Waals surface area contributed by atoms with Gasteiger partial charge in [0, 0.05) is 118 Å². The van der Waals surface area contributed by atoms with E-state index in [0.29, 0.717) is 0 Å². The van der Waals surface area contributed by atoms with Gasteiger partial charge in [-0.2, -0.15) is 0 Å². The maximum Gasteiger partial charge on any atom is 3.00 e. The molecule has 0 aliphatic rings. The second kappa shape index (κ2) is 46.2. The molecule has 386 valence electrons. The second-order valence-electron chi connectivity index (χ2n) is 11.7. The first-order valence-corrected chi connectivity index (χ1v) is 16.3. The van der Waals surface area contributed by atoms with Crippen molar-refractivity contribution in [3.05, 3.63) is 0 Å². The monoisotopic (exact) mass is 1560 g/mol. The molecule has 30 nitrogen and oxygen atoms in total. The summed E-state index contributed by atoms with van der Waals surface area (Å²) >= 11 is 0. The Labute approximate surface area is 516 Å². The van der Waals surface area contributed by atoms with Gasteiger partial charge in [0.15, 0.2) is 0 Å². The van der Waals surface area contributed by atoms with Gasteiger partial charge in [0.25, 0.3) is 0 Å². The van der Waals surface area contributed by atoms with Gasteiger partial charge in [0.2, 0.25) is 0 Å². The molecule has 34 heteroatoms. The third kappa shape index (κ3) is 57.6. The molecule has 0 saturated heterocycles. The Bertz CT molecular complexity index is 1140. The summed E-state index contributed by atoms with van der Waals surface area (Å²) in [6, 6.07) is 0. The second-order valence-corrected chi connectivity index (χ2v) is 11.7. The number of aliphatic carboxylic acids is 12. The normalized spacial score (nSPS) is 10.0. The summed E-state index contributed by atoms with van der Waals surface area (Å²) in [5.41, 5.74) is 0. The fraction of sp³-hybridized carbons (Fsp3) is 0.600. The molecule has 0 aromatic carbocycles. The van der Waals surface area contributed by atoms with Gasteiger partial charge in [-0.1, -0.05) is 0 Å². The molecule has 0 amide bonds. The topological polar surface area (TPSA) is 501 Å². The Hall–Kier alpha value is -0.522. The van der Waals surface area contributed by atoms with Crippen LogP contribution in [0.2, 0.25) is 0 Å². The third-order valence-corrected chi connectivity index (χ3v) is 6.43. The van der Waals surface area contributed by atoms with Crippen molar-refractivity contribution in [1.29, 1.82) is 0 Å². The first kappa shape index (κ1) is 77.7. The zero-order valence-corrected chi connectivity index (χ0v) is 39.1. The van der Waals surface area contributed by atoms with Gasteiger partial charge in [-0.05, 0) is 0 Å². The molecule has 4 radical (unpaired) electrons. The average molecular weight is 1560 g/mol. The predicted octanol–water partition coefficient (Wildman–Crippen LogP) is -22.2. The fourth-order valence-electron chi connectivity index (χ4n) is 4.32. The summed E-state index contributed by atoms with van der Waals surface area (Å²) in [6.45, 7) is -9.75. The molecule has 0 atom stereocenters. The molecule has 0 heterocycles. The van der Waals surface area contributed by atoms with E-state index in [1.165, 1.54) is 0 Å². The van der Waals surface area contributed by atoms with Gasteiger partial charge < -0.3 is 119 Å². The Morgan fingerprint density at radius 1 is 0.188 bits per heavy atom. The van der Waals surface area contributed by atoms with Crippen molar-refractivity contribution in [3.63, 3.8) is 0 Å². The van der Waals surface area contributed by atoms with E-state index in [1.54, 1.807) is 0 Å². The summed E-state index contributed by atoms with van der Waals surface area (Å²) in [7, 11) is 0. The molecule has 0 saturated carbocycles. The summed E-state index contributed by atoms with van der Waals surface area (Å²) in [5.74, 6) is -18.4. The van der Waals surface area contributed by atoms with Crippen LogP contribution in [0.15, 0.2) is 0 Å². The summed E-state index contributed by atoms with van der Waals surface area (Å²) in [6.07, 6.45) is 0. The number of carboxylic acid groups (broad SMARTS) is 12. The number of carboxylic acids is 12. The minimum atomic E-state index is -1.53. The van der Waals surface area contributed by atoms with Crippen molar-refractivity contribution < 1.29 is 307 Å². The first-order chi connectivity index (χ1) is 27.6. The summed E-state index contributed by atoms with van der Waals surface area (Å²) in [5, 5.41) is 125. The molecule has 0 rings (SSSR count). The van der Waals surface area contributed by atoms with Crippen LogP contribution in [0.1, 0.15) is 0 Å². The molecule has 0 aromatic heterocycles. The van der Waals surface area contributed by atoms with Gasteiger partial charge in [-0.25, -0.2) is 0 Å². The molecule has 0 spiro atoms. The number of nitrogens with zero attached hydrogens (tertiary/aromatic N) is 6. The van der Waals surface area contributed by atoms with E-state index in [1.807, 2.05) is 0 Å². The molecule has 0 aliphatic carbocycles. The van der Waals surface area contributed by atoms with E-state index >= 15 is 0 Å². The fourth-order valence-corrected chi connectivity index (χ4v) is 4.32. The maximum absolute atomic E-state index is 10.4. The quantitative estimate of drug-likeness (QED) is 0.0589. The van der Waals surface area contributed by atoms with Crippen LogP contribution in [-0.4, -0.2) is 219 Å². The molecular weight excluding hydrogens is 1520 g/mol. The number of hydrogen-bond acceptors (Lipinski definition) is 30. The SMILES string of the molecule is O=C([O-])CN(CCN(CC(=O)[O-])CC(=O)[O-])CC(=O)[O-].O=C([O-])CN(CCN(CC(=O)[O-])CC(=O)[O-])CC(=O)[O-].O=C([O-])CN(CCN(CC(=O)[O-])CC(=O)[O-])CC(=O)[O-].[Yb+3].[Yb+3].[Yb+3].[Yb+3]. The molecule has 0 unspecified atom stereocenters. The van der Waals surface area contributed by atoms with Crippen molar-refractivity contribution in [2.24, 2.45) is 0 Å². The van der Waals surface area contributed by atoms with Crippen molar-refractivity contribution >= 4 is 71.6 Å². The van der Waals surface area contributed by atoms with Crippen molar-refractivity contribution in [2.75, 3.05) is 118 Å². The Morgan fingerprint density at radius 2 is 0.250 bits per heavy atom. The van der Waals surface area contributed by atoms with Crippen LogP contribution >= 0.6 is 0 Å². The van der Waals surface area contributed by atoms with Crippen LogP contribution in [0.5, 0.6) is 0 Å². The van der Waals surface area contributed by atoms with Gasteiger partial charge in [0.05, 0.1) is 71.6 Å². The standard InChI is InChI=1S/3C10H16N2O8.4Yb/c3*13-7(14)3-11(4-8(15)16)1-2-12(5-9(17)18)6-10(19)20;;;;/h3*1-6H2,(H,13,14)(H,15,16)(H,17,18)(H,19,20);;;;/q;;;4*+3/p-12. The third-order valence-electron chi connectivity index (χ3n) is 6.43. The van der Waals surface area contributed by atoms with Crippen molar-refractivity contribution in [3.8, 4) is 0 Å². The van der Waals surface area contributed by atoms with E-state index in [9.17, 15) is 119 Å². The van der Waals surface area contributed by atoms with E-state index in [4.69, 9.17) is 0 Å². The van der Waals surface area contributed by atoms with Crippen LogP contribution in [0.4, 0.5) is 0 Å².